The topological polar surface area (TPSA) is 87.3 Å². The molecule has 0 bridgehead atoms. The molecule has 6 rings (SSSR count). The van der Waals surface area contributed by atoms with E-state index in [4.69, 9.17) is 0 Å². The van der Waals surface area contributed by atoms with Crippen molar-refractivity contribution in [2.75, 3.05) is 10.6 Å². The van der Waals surface area contributed by atoms with Gasteiger partial charge in [0.05, 0.1) is 0 Å². The molecule has 254 valence electrons. The normalized spacial score (nSPS) is 11.9. The van der Waals surface area contributed by atoms with Crippen LogP contribution >= 0.6 is 11.8 Å². The second kappa shape index (κ2) is 15.6. The molecule has 0 aromatic heterocycles. The second-order valence-corrected chi connectivity index (χ2v) is 12.3. The molecule has 0 spiro atoms. The molecule has 3 N–H and O–H groups in total. The number of thioether (sulfide) groups is 1. The Hall–Kier alpha value is -6.20. The summed E-state index contributed by atoms with van der Waals surface area (Å²) in [6.07, 6.45) is 1.60. The Kier molecular flexibility index (Phi) is 10.6. The van der Waals surface area contributed by atoms with Gasteiger partial charge in [-0.25, -0.2) is 17.6 Å². The largest absolute Gasteiger partial charge is 0.321 e. The third-order valence-electron chi connectivity index (χ3n) is 7.72. The first-order valence-electron chi connectivity index (χ1n) is 15.5. The minimum atomic E-state index is -1.73. The van der Waals surface area contributed by atoms with Crippen LogP contribution in [0.3, 0.4) is 0 Å². The van der Waals surface area contributed by atoms with E-state index in [0.717, 1.165) is 22.5 Å². The van der Waals surface area contributed by atoms with Gasteiger partial charge >= 0.3 is 0 Å². The first kappa shape index (κ1) is 34.7. The highest BCUT2D eigenvalue weighted by atomic mass is 32.2. The van der Waals surface area contributed by atoms with Crippen LogP contribution in [0.25, 0.3) is 16.8 Å². The summed E-state index contributed by atoms with van der Waals surface area (Å²) in [5.74, 6) is -8.76. The maximum absolute atomic E-state index is 14.4. The minimum Gasteiger partial charge on any atom is -0.321 e. The number of carbonyl (C=O) groups is 3. The van der Waals surface area contributed by atoms with Crippen molar-refractivity contribution >= 4 is 57.7 Å². The molecule has 0 aliphatic rings. The van der Waals surface area contributed by atoms with E-state index in [2.05, 4.69) is 10.6 Å². The summed E-state index contributed by atoms with van der Waals surface area (Å²) in [7, 11) is 0. The zero-order chi connectivity index (χ0) is 35.9. The molecule has 1 atom stereocenters. The van der Waals surface area contributed by atoms with E-state index >= 15 is 0 Å². The van der Waals surface area contributed by atoms with Crippen LogP contribution < -0.4 is 16.0 Å². The summed E-state index contributed by atoms with van der Waals surface area (Å²) in [4.78, 5) is 40.7. The first-order chi connectivity index (χ1) is 24.7. The van der Waals surface area contributed by atoms with Gasteiger partial charge in [0, 0.05) is 22.2 Å². The van der Waals surface area contributed by atoms with E-state index in [9.17, 15) is 31.9 Å². The number of hydrogen-bond donors (Lipinski definition) is 3. The second-order valence-electron chi connectivity index (χ2n) is 11.2. The van der Waals surface area contributed by atoms with E-state index in [0.29, 0.717) is 27.3 Å². The van der Waals surface area contributed by atoms with Crippen molar-refractivity contribution in [1.29, 1.82) is 0 Å². The molecule has 0 aliphatic carbocycles. The molecule has 0 saturated heterocycles. The van der Waals surface area contributed by atoms with Crippen molar-refractivity contribution in [2.24, 2.45) is 0 Å². The van der Waals surface area contributed by atoms with Crippen molar-refractivity contribution in [2.45, 2.75) is 10.1 Å². The van der Waals surface area contributed by atoms with E-state index in [1.807, 2.05) is 47.8 Å². The molecule has 6 aromatic carbocycles. The third-order valence-corrected chi connectivity index (χ3v) is 8.98. The summed E-state index contributed by atoms with van der Waals surface area (Å²) in [6.45, 7) is 0. The van der Waals surface area contributed by atoms with Crippen LogP contribution in [-0.4, -0.2) is 17.7 Å². The lowest BCUT2D eigenvalue weighted by atomic mass is 10.0. The van der Waals surface area contributed by atoms with Crippen LogP contribution in [0.4, 0.5) is 28.9 Å². The van der Waals surface area contributed by atoms with Gasteiger partial charge in [-0.1, -0.05) is 91.0 Å². The summed E-state index contributed by atoms with van der Waals surface area (Å²) >= 11 is 1.01. The van der Waals surface area contributed by atoms with Crippen molar-refractivity contribution < 1.29 is 31.9 Å². The quantitative estimate of drug-likeness (QED) is 0.0574. The lowest BCUT2D eigenvalue weighted by Crippen LogP contribution is -2.30. The molecule has 0 heterocycles. The molecular weight excluding hydrogens is 679 g/mol. The number of halogens is 4. The Morgan fingerprint density at radius 1 is 0.647 bits per heavy atom. The Labute approximate surface area is 294 Å². The summed E-state index contributed by atoms with van der Waals surface area (Å²) < 4.78 is 56.4. The molecule has 51 heavy (non-hydrogen) atoms. The van der Waals surface area contributed by atoms with Gasteiger partial charge in [0.2, 0.25) is 5.91 Å². The number of carbonyl (C=O) groups excluding carboxylic acids is 3. The lowest BCUT2D eigenvalue weighted by molar-refractivity contribution is -0.116. The SMILES string of the molecule is O=C(Nc1ccc(SC(C(=O)Nc2c(F)c(F)cc(F)c2F)c2ccccc2)cc1)/C(=C/c1cccc2ccccc12)NC(=O)c1ccccc1. The van der Waals surface area contributed by atoms with Gasteiger partial charge in [-0.3, -0.25) is 14.4 Å². The molecule has 0 saturated carbocycles. The fraction of sp³-hybridized carbons (Fsp3) is 0.0250. The van der Waals surface area contributed by atoms with Gasteiger partial charge in [0.15, 0.2) is 23.3 Å². The fourth-order valence-electron chi connectivity index (χ4n) is 5.20. The van der Waals surface area contributed by atoms with Crippen LogP contribution in [0, 0.1) is 23.3 Å². The van der Waals surface area contributed by atoms with Crippen LogP contribution in [0.1, 0.15) is 26.7 Å². The van der Waals surface area contributed by atoms with Gasteiger partial charge < -0.3 is 16.0 Å². The zero-order valence-electron chi connectivity index (χ0n) is 26.5. The van der Waals surface area contributed by atoms with Crippen LogP contribution in [0.2, 0.25) is 0 Å². The van der Waals surface area contributed by atoms with Crippen molar-refractivity contribution in [3.05, 3.63) is 179 Å². The van der Waals surface area contributed by atoms with Crippen molar-refractivity contribution in [3.63, 3.8) is 0 Å². The number of fused-ring (bicyclic) bond motifs is 1. The zero-order valence-corrected chi connectivity index (χ0v) is 27.3. The van der Waals surface area contributed by atoms with Crippen molar-refractivity contribution in [3.8, 4) is 0 Å². The molecule has 3 amide bonds. The number of benzene rings is 6. The fourth-order valence-corrected chi connectivity index (χ4v) is 6.22. The average molecular weight is 706 g/mol. The van der Waals surface area contributed by atoms with Crippen LogP contribution in [0.5, 0.6) is 0 Å². The molecule has 6 aromatic rings. The number of rotatable bonds is 10. The highest BCUT2D eigenvalue weighted by Gasteiger charge is 2.27. The van der Waals surface area contributed by atoms with E-state index in [1.54, 1.807) is 91.0 Å². The Bertz CT molecular complexity index is 2240. The van der Waals surface area contributed by atoms with Crippen LogP contribution in [0.15, 0.2) is 144 Å². The van der Waals surface area contributed by atoms with E-state index < -0.39 is 51.9 Å². The first-order valence-corrected chi connectivity index (χ1v) is 16.4. The number of amides is 3. The van der Waals surface area contributed by atoms with E-state index in [1.165, 1.54) is 0 Å². The molecule has 0 aliphatic heterocycles. The van der Waals surface area contributed by atoms with Gasteiger partial charge in [0.1, 0.15) is 16.6 Å². The monoisotopic (exact) mass is 705 g/mol. The Morgan fingerprint density at radius 2 is 1.25 bits per heavy atom. The summed E-state index contributed by atoms with van der Waals surface area (Å²) in [5.41, 5.74) is 0.649. The summed E-state index contributed by atoms with van der Waals surface area (Å²) in [5, 5.41) is 8.26. The molecular formula is C40H27F4N3O3S. The third kappa shape index (κ3) is 8.17. The molecule has 0 radical (unpaired) electrons. The highest BCUT2D eigenvalue weighted by molar-refractivity contribution is 8.00. The summed E-state index contributed by atoms with van der Waals surface area (Å²) in [6, 6.07) is 36.5. The standard InChI is InChI=1S/C40H27F4N3O3S/c41-31-23-32(42)35(44)36(34(31)43)47-40(50)37(25-11-3-1-4-12-25)51-29-20-18-28(19-21-29)45-39(49)33(46-38(48)26-13-5-2-6-14-26)22-27-16-9-15-24-10-7-8-17-30(24)27/h1-23,37H,(H,45,49)(H,46,48)(H,47,50)/b33-22-. The number of nitrogens with one attached hydrogen (secondary N) is 3. The smallest absolute Gasteiger partial charge is 0.272 e. The lowest BCUT2D eigenvalue weighted by Gasteiger charge is -2.18. The van der Waals surface area contributed by atoms with Gasteiger partial charge in [-0.15, -0.1) is 11.8 Å². The van der Waals surface area contributed by atoms with Crippen molar-refractivity contribution in [1.82, 2.24) is 5.32 Å². The molecule has 6 nitrogen and oxygen atoms in total. The van der Waals surface area contributed by atoms with Gasteiger partial charge in [0.25, 0.3) is 11.8 Å². The van der Waals surface area contributed by atoms with Crippen LogP contribution in [-0.2, 0) is 9.59 Å². The Balaban J connectivity index is 1.24. The minimum absolute atomic E-state index is 0.00674. The molecule has 11 heteroatoms. The number of hydrogen-bond acceptors (Lipinski definition) is 4. The average Bonchev–Trinajstić information content (AvgIpc) is 3.15. The molecule has 1 unspecified atom stereocenters. The van der Waals surface area contributed by atoms with Gasteiger partial charge in [-0.2, -0.15) is 0 Å². The predicted molar refractivity (Wildman–Crippen MR) is 191 cm³/mol. The van der Waals surface area contributed by atoms with Gasteiger partial charge in [-0.05, 0) is 64.4 Å². The maximum atomic E-state index is 14.4. The predicted octanol–water partition coefficient (Wildman–Crippen LogP) is 9.28. The molecule has 0 fully saturated rings. The van der Waals surface area contributed by atoms with E-state index in [-0.39, 0.29) is 11.8 Å². The highest BCUT2D eigenvalue weighted by Crippen LogP contribution is 2.37. The maximum Gasteiger partial charge on any atom is 0.272 e. The number of anilines is 2. The Morgan fingerprint density at radius 3 is 1.94 bits per heavy atom.